The number of rotatable bonds is 6. The summed E-state index contributed by atoms with van der Waals surface area (Å²) in [5.41, 5.74) is 2.92. The molecule has 0 saturated heterocycles. The largest absolute Gasteiger partial charge is 0.275 e. The zero-order valence-corrected chi connectivity index (χ0v) is 15.3. The maximum absolute atomic E-state index is 12.7. The lowest BCUT2D eigenvalue weighted by molar-refractivity contribution is 0.466. The molecule has 0 amide bonds. The van der Waals surface area contributed by atoms with Crippen molar-refractivity contribution in [2.75, 3.05) is 7.05 Å². The minimum absolute atomic E-state index is 0.315. The van der Waals surface area contributed by atoms with Crippen LogP contribution in [-0.4, -0.2) is 29.6 Å². The average Bonchev–Trinajstić information content (AvgIpc) is 2.76. The number of hydrogen-bond acceptors (Lipinski definition) is 3. The van der Waals surface area contributed by atoms with Gasteiger partial charge in [0.15, 0.2) is 0 Å². The van der Waals surface area contributed by atoms with Crippen LogP contribution in [0.15, 0.2) is 35.4 Å². The molecule has 126 valence electrons. The Morgan fingerprint density at radius 1 is 1.22 bits per heavy atom. The van der Waals surface area contributed by atoms with E-state index >= 15 is 0 Å². The molecule has 1 heterocycles. The molecular weight excluding hydrogens is 310 g/mol. The molecule has 6 heteroatoms. The van der Waals surface area contributed by atoms with Crippen LogP contribution in [0.5, 0.6) is 0 Å². The van der Waals surface area contributed by atoms with Crippen LogP contribution >= 0.6 is 0 Å². The van der Waals surface area contributed by atoms with Crippen molar-refractivity contribution in [3.05, 3.63) is 47.3 Å². The van der Waals surface area contributed by atoms with Gasteiger partial charge in [-0.1, -0.05) is 26.0 Å². The molecule has 1 aromatic heterocycles. The molecule has 0 radical (unpaired) electrons. The standard InChI is InChI=1S/C17H25N3O2S/c1-13(2)10-15-6-8-17(9-7-15)23(21,22)20(5)12-16-11-19(4)18-14(16)3/h6-9,11,13H,10,12H2,1-5H3. The summed E-state index contributed by atoms with van der Waals surface area (Å²) in [6.45, 7) is 6.50. The van der Waals surface area contributed by atoms with Crippen LogP contribution in [0.3, 0.4) is 0 Å². The van der Waals surface area contributed by atoms with Gasteiger partial charge in [-0.15, -0.1) is 0 Å². The Bertz CT molecular complexity index is 762. The second-order valence-corrected chi connectivity index (χ2v) is 8.46. The lowest BCUT2D eigenvalue weighted by atomic mass is 10.0. The predicted molar refractivity (Wildman–Crippen MR) is 91.6 cm³/mol. The normalized spacial score (nSPS) is 12.3. The third-order valence-corrected chi connectivity index (χ3v) is 5.60. The van der Waals surface area contributed by atoms with E-state index < -0.39 is 10.0 Å². The van der Waals surface area contributed by atoms with Gasteiger partial charge in [0.05, 0.1) is 10.6 Å². The molecule has 5 nitrogen and oxygen atoms in total. The van der Waals surface area contributed by atoms with Crippen molar-refractivity contribution < 1.29 is 8.42 Å². The SMILES string of the molecule is Cc1nn(C)cc1CN(C)S(=O)(=O)c1ccc(CC(C)C)cc1. The minimum atomic E-state index is -3.49. The van der Waals surface area contributed by atoms with E-state index in [2.05, 4.69) is 18.9 Å². The van der Waals surface area contributed by atoms with Crippen molar-refractivity contribution in [1.29, 1.82) is 0 Å². The third kappa shape index (κ3) is 4.20. The lowest BCUT2D eigenvalue weighted by Crippen LogP contribution is -2.26. The summed E-state index contributed by atoms with van der Waals surface area (Å²) in [4.78, 5) is 0.328. The molecule has 0 aliphatic carbocycles. The van der Waals surface area contributed by atoms with Gasteiger partial charge in [-0.25, -0.2) is 8.42 Å². The van der Waals surface area contributed by atoms with Crippen molar-refractivity contribution in [2.24, 2.45) is 13.0 Å². The van der Waals surface area contributed by atoms with Crippen molar-refractivity contribution in [1.82, 2.24) is 14.1 Å². The van der Waals surface area contributed by atoms with Gasteiger partial charge in [0.25, 0.3) is 0 Å². The van der Waals surface area contributed by atoms with Crippen molar-refractivity contribution in [2.45, 2.75) is 38.6 Å². The van der Waals surface area contributed by atoms with E-state index in [1.165, 1.54) is 4.31 Å². The van der Waals surface area contributed by atoms with Crippen LogP contribution < -0.4 is 0 Å². The highest BCUT2D eigenvalue weighted by Gasteiger charge is 2.22. The first kappa shape index (κ1) is 17.7. The molecule has 0 fully saturated rings. The topological polar surface area (TPSA) is 55.2 Å². The van der Waals surface area contributed by atoms with Crippen LogP contribution in [0.25, 0.3) is 0 Å². The quantitative estimate of drug-likeness (QED) is 0.815. The molecule has 0 N–H and O–H groups in total. The summed E-state index contributed by atoms with van der Waals surface area (Å²) in [5.74, 6) is 0.550. The Labute approximate surface area is 139 Å². The van der Waals surface area contributed by atoms with Crippen LogP contribution in [0.4, 0.5) is 0 Å². The zero-order chi connectivity index (χ0) is 17.2. The number of aryl methyl sites for hydroxylation is 2. The number of hydrogen-bond donors (Lipinski definition) is 0. The number of aromatic nitrogens is 2. The van der Waals surface area contributed by atoms with E-state index in [1.54, 1.807) is 23.9 Å². The van der Waals surface area contributed by atoms with Crippen molar-refractivity contribution >= 4 is 10.0 Å². The van der Waals surface area contributed by atoms with E-state index in [0.29, 0.717) is 17.4 Å². The first-order valence-electron chi connectivity index (χ1n) is 7.74. The molecule has 0 spiro atoms. The average molecular weight is 335 g/mol. The Hall–Kier alpha value is -1.66. The second kappa shape index (κ2) is 6.84. The van der Waals surface area contributed by atoms with Crippen LogP contribution in [0.1, 0.15) is 30.7 Å². The van der Waals surface area contributed by atoms with Gasteiger partial charge in [-0.3, -0.25) is 4.68 Å². The molecule has 2 rings (SSSR count). The summed E-state index contributed by atoms with van der Waals surface area (Å²) in [6.07, 6.45) is 2.80. The minimum Gasteiger partial charge on any atom is -0.275 e. The van der Waals surface area contributed by atoms with Crippen LogP contribution in [-0.2, 0) is 30.0 Å². The maximum atomic E-state index is 12.7. The number of sulfonamides is 1. The fourth-order valence-corrected chi connectivity index (χ4v) is 3.73. The van der Waals surface area contributed by atoms with Gasteiger partial charge in [0.1, 0.15) is 0 Å². The number of nitrogens with zero attached hydrogens (tertiary/aromatic N) is 3. The van der Waals surface area contributed by atoms with Gasteiger partial charge in [0, 0.05) is 32.4 Å². The zero-order valence-electron chi connectivity index (χ0n) is 14.4. The van der Waals surface area contributed by atoms with E-state index in [-0.39, 0.29) is 0 Å². The summed E-state index contributed by atoms with van der Waals surface area (Å²) < 4.78 is 28.4. The molecule has 1 aromatic carbocycles. The molecule has 23 heavy (non-hydrogen) atoms. The van der Waals surface area contributed by atoms with Gasteiger partial charge in [-0.05, 0) is 37.0 Å². The van der Waals surface area contributed by atoms with Gasteiger partial charge in [-0.2, -0.15) is 9.40 Å². The first-order valence-corrected chi connectivity index (χ1v) is 9.18. The molecule has 0 unspecified atom stereocenters. The Balaban J connectivity index is 2.18. The highest BCUT2D eigenvalue weighted by molar-refractivity contribution is 7.89. The van der Waals surface area contributed by atoms with Gasteiger partial charge >= 0.3 is 0 Å². The Kier molecular flexibility index (Phi) is 5.26. The molecule has 0 saturated carbocycles. The monoisotopic (exact) mass is 335 g/mol. The molecule has 0 atom stereocenters. The van der Waals surface area contributed by atoms with E-state index in [4.69, 9.17) is 0 Å². The first-order chi connectivity index (χ1) is 10.7. The predicted octanol–water partition coefficient (Wildman–Crippen LogP) is 2.75. The van der Waals surface area contributed by atoms with E-state index in [0.717, 1.165) is 23.2 Å². The summed E-state index contributed by atoms with van der Waals surface area (Å²) in [7, 11) is -0.0608. The number of benzene rings is 1. The van der Waals surface area contributed by atoms with E-state index in [9.17, 15) is 8.42 Å². The molecule has 0 bridgehead atoms. The third-order valence-electron chi connectivity index (χ3n) is 3.78. The Morgan fingerprint density at radius 2 is 1.83 bits per heavy atom. The smallest absolute Gasteiger partial charge is 0.243 e. The summed E-state index contributed by atoms with van der Waals surface area (Å²) >= 11 is 0. The van der Waals surface area contributed by atoms with Crippen molar-refractivity contribution in [3.63, 3.8) is 0 Å². The fraction of sp³-hybridized carbons (Fsp3) is 0.471. The van der Waals surface area contributed by atoms with Gasteiger partial charge in [0.2, 0.25) is 10.0 Å². The van der Waals surface area contributed by atoms with E-state index in [1.807, 2.05) is 32.3 Å². The Morgan fingerprint density at radius 3 is 2.30 bits per heavy atom. The van der Waals surface area contributed by atoms with Gasteiger partial charge < -0.3 is 0 Å². The van der Waals surface area contributed by atoms with Crippen LogP contribution in [0.2, 0.25) is 0 Å². The second-order valence-electron chi connectivity index (χ2n) is 6.42. The molecule has 0 aliphatic rings. The lowest BCUT2D eigenvalue weighted by Gasteiger charge is -2.17. The summed E-state index contributed by atoms with van der Waals surface area (Å²) in [5, 5.41) is 4.25. The summed E-state index contributed by atoms with van der Waals surface area (Å²) in [6, 6.07) is 7.19. The maximum Gasteiger partial charge on any atom is 0.243 e. The fourth-order valence-electron chi connectivity index (χ4n) is 2.58. The molecular formula is C17H25N3O2S. The van der Waals surface area contributed by atoms with Crippen molar-refractivity contribution in [3.8, 4) is 0 Å². The molecule has 2 aromatic rings. The van der Waals surface area contributed by atoms with Crippen LogP contribution in [0, 0.1) is 12.8 Å². The highest BCUT2D eigenvalue weighted by Crippen LogP contribution is 2.19. The highest BCUT2D eigenvalue weighted by atomic mass is 32.2. The molecule has 0 aliphatic heterocycles.